The average Bonchev–Trinajstić information content (AvgIpc) is 3.04. The summed E-state index contributed by atoms with van der Waals surface area (Å²) in [5, 5.41) is 0. The van der Waals surface area contributed by atoms with E-state index in [1.54, 1.807) is 0 Å². The van der Waals surface area contributed by atoms with E-state index < -0.39 is 0 Å². The van der Waals surface area contributed by atoms with Crippen LogP contribution < -0.4 is 0 Å². The van der Waals surface area contributed by atoms with Gasteiger partial charge >= 0.3 is 0 Å². The first-order chi connectivity index (χ1) is 7.72. The van der Waals surface area contributed by atoms with Crippen molar-refractivity contribution in [2.75, 3.05) is 0 Å². The Balaban J connectivity index is 1.77. The van der Waals surface area contributed by atoms with Crippen LogP contribution in [0.4, 0.5) is 0 Å². The maximum Gasteiger partial charge on any atom is 0.120 e. The molecule has 0 bridgehead atoms. The van der Waals surface area contributed by atoms with Crippen molar-refractivity contribution in [3.63, 3.8) is 0 Å². The summed E-state index contributed by atoms with van der Waals surface area (Å²) >= 11 is 0. The Morgan fingerprint density at radius 3 is 2.62 bits per heavy atom. The molecule has 1 saturated carbocycles. The summed E-state index contributed by atoms with van der Waals surface area (Å²) in [6.45, 7) is 4.67. The van der Waals surface area contributed by atoms with E-state index in [0.717, 1.165) is 11.8 Å². The second-order valence-electron chi connectivity index (χ2n) is 5.64. The molecule has 1 heteroatoms. The smallest absolute Gasteiger partial charge is 0.120 e. The second-order valence-corrected chi connectivity index (χ2v) is 5.64. The van der Waals surface area contributed by atoms with Gasteiger partial charge in [0.1, 0.15) is 5.60 Å². The molecule has 2 aliphatic rings. The molecule has 1 nitrogen and oxygen atoms in total. The Morgan fingerprint density at radius 1 is 1.25 bits per heavy atom. The van der Waals surface area contributed by atoms with E-state index in [1.807, 2.05) is 0 Å². The first-order valence-electron chi connectivity index (χ1n) is 6.46. The Labute approximate surface area is 97.8 Å². The van der Waals surface area contributed by atoms with Gasteiger partial charge in [0.25, 0.3) is 0 Å². The minimum atomic E-state index is 0.104. The number of benzene rings is 1. The summed E-state index contributed by atoms with van der Waals surface area (Å²) in [7, 11) is 0. The first kappa shape index (κ1) is 10.3. The fraction of sp³-hybridized carbons (Fsp3) is 0.600. The van der Waals surface area contributed by atoms with Crippen molar-refractivity contribution >= 4 is 0 Å². The first-order valence-corrected chi connectivity index (χ1v) is 6.46. The molecule has 1 aliphatic heterocycles. The van der Waals surface area contributed by atoms with Crippen LogP contribution in [0.2, 0.25) is 0 Å². The molecule has 3 atom stereocenters. The maximum atomic E-state index is 6.03. The van der Waals surface area contributed by atoms with E-state index in [-0.39, 0.29) is 5.60 Å². The van der Waals surface area contributed by atoms with Crippen molar-refractivity contribution in [2.45, 2.75) is 44.8 Å². The zero-order valence-corrected chi connectivity index (χ0v) is 10.1. The molecule has 0 unspecified atom stereocenters. The largest absolute Gasteiger partial charge is 0.361 e. The maximum absolute atomic E-state index is 6.03. The number of rotatable bonds is 2. The van der Waals surface area contributed by atoms with Crippen LogP contribution in [0, 0.1) is 11.8 Å². The Morgan fingerprint density at radius 2 is 2.00 bits per heavy atom. The van der Waals surface area contributed by atoms with Crippen LogP contribution in [-0.4, -0.2) is 6.10 Å². The molecule has 1 heterocycles. The predicted molar refractivity (Wildman–Crippen MR) is 65.2 cm³/mol. The number of fused-ring (bicyclic) bond motifs is 1. The van der Waals surface area contributed by atoms with Crippen LogP contribution >= 0.6 is 0 Å². The van der Waals surface area contributed by atoms with Crippen LogP contribution in [-0.2, 0) is 10.3 Å². The molecular weight excluding hydrogens is 196 g/mol. The molecular formula is C15H20O. The lowest BCUT2D eigenvalue weighted by Crippen LogP contribution is -2.25. The van der Waals surface area contributed by atoms with Crippen molar-refractivity contribution in [2.24, 2.45) is 11.8 Å². The van der Waals surface area contributed by atoms with Gasteiger partial charge in [-0.1, -0.05) is 44.2 Å². The van der Waals surface area contributed by atoms with Crippen LogP contribution in [0.25, 0.3) is 0 Å². The fourth-order valence-electron chi connectivity index (χ4n) is 3.19. The molecule has 1 aromatic rings. The van der Waals surface area contributed by atoms with Gasteiger partial charge in [-0.3, -0.25) is 0 Å². The molecule has 0 spiro atoms. The van der Waals surface area contributed by atoms with Gasteiger partial charge < -0.3 is 4.74 Å². The van der Waals surface area contributed by atoms with Gasteiger partial charge in [-0.15, -0.1) is 0 Å². The second kappa shape index (κ2) is 3.59. The standard InChI is InChI=1S/C15H20O/c1-11(2)12-8-9-15(14(10-12)16-15)13-6-4-3-5-7-13/h3-7,11-12,14H,8-10H2,1-2H3/t12-,14+,15+/m1/s1. The molecule has 2 fully saturated rings. The van der Waals surface area contributed by atoms with Crippen molar-refractivity contribution in [3.8, 4) is 0 Å². The lowest BCUT2D eigenvalue weighted by molar-refractivity contribution is 0.264. The van der Waals surface area contributed by atoms with Gasteiger partial charge in [0.05, 0.1) is 6.10 Å². The SMILES string of the molecule is CC(C)[C@@H]1CC[C@@]2(c3ccccc3)O[C@H]2C1. The Hall–Kier alpha value is -0.820. The number of epoxide rings is 1. The summed E-state index contributed by atoms with van der Waals surface area (Å²) < 4.78 is 6.03. The van der Waals surface area contributed by atoms with E-state index in [0.29, 0.717) is 6.10 Å². The molecule has 0 aromatic heterocycles. The fourth-order valence-corrected chi connectivity index (χ4v) is 3.19. The molecule has 1 aromatic carbocycles. The lowest BCUT2D eigenvalue weighted by Gasteiger charge is -2.27. The van der Waals surface area contributed by atoms with Crippen LogP contribution in [0.5, 0.6) is 0 Å². The summed E-state index contributed by atoms with van der Waals surface area (Å²) in [6, 6.07) is 10.8. The Bertz CT molecular complexity index is 370. The summed E-state index contributed by atoms with van der Waals surface area (Å²) in [5.41, 5.74) is 1.49. The van der Waals surface area contributed by atoms with Crippen LogP contribution in [0.1, 0.15) is 38.7 Å². The molecule has 0 radical (unpaired) electrons. The number of ether oxygens (including phenoxy) is 1. The van der Waals surface area contributed by atoms with Gasteiger partial charge in [0.15, 0.2) is 0 Å². The highest BCUT2D eigenvalue weighted by Crippen LogP contribution is 2.57. The monoisotopic (exact) mass is 216 g/mol. The molecule has 1 saturated heterocycles. The van der Waals surface area contributed by atoms with E-state index in [4.69, 9.17) is 4.74 Å². The zero-order valence-electron chi connectivity index (χ0n) is 10.1. The minimum absolute atomic E-state index is 0.104. The highest BCUT2D eigenvalue weighted by molar-refractivity contribution is 5.30. The topological polar surface area (TPSA) is 12.5 Å². The summed E-state index contributed by atoms with van der Waals surface area (Å²) in [5.74, 6) is 1.67. The molecule has 0 amide bonds. The predicted octanol–water partition coefficient (Wildman–Crippen LogP) is 3.74. The van der Waals surface area contributed by atoms with Crippen LogP contribution in [0.15, 0.2) is 30.3 Å². The number of hydrogen-bond acceptors (Lipinski definition) is 1. The van der Waals surface area contributed by atoms with Gasteiger partial charge in [0.2, 0.25) is 0 Å². The van der Waals surface area contributed by atoms with Crippen molar-refractivity contribution in [3.05, 3.63) is 35.9 Å². The van der Waals surface area contributed by atoms with E-state index in [9.17, 15) is 0 Å². The Kier molecular flexibility index (Phi) is 2.32. The van der Waals surface area contributed by atoms with E-state index in [2.05, 4.69) is 44.2 Å². The quantitative estimate of drug-likeness (QED) is 0.686. The van der Waals surface area contributed by atoms with E-state index in [1.165, 1.54) is 24.8 Å². The lowest BCUT2D eigenvalue weighted by atomic mass is 9.75. The van der Waals surface area contributed by atoms with Crippen LogP contribution in [0.3, 0.4) is 0 Å². The molecule has 1 aliphatic carbocycles. The molecule has 0 N–H and O–H groups in total. The number of hydrogen-bond donors (Lipinski definition) is 0. The minimum Gasteiger partial charge on any atom is -0.361 e. The zero-order chi connectivity index (χ0) is 11.2. The molecule has 16 heavy (non-hydrogen) atoms. The summed E-state index contributed by atoms with van der Waals surface area (Å²) in [4.78, 5) is 0. The highest BCUT2D eigenvalue weighted by atomic mass is 16.6. The molecule has 86 valence electrons. The van der Waals surface area contributed by atoms with Gasteiger partial charge in [0, 0.05) is 0 Å². The third kappa shape index (κ3) is 1.49. The average molecular weight is 216 g/mol. The van der Waals surface area contributed by atoms with Gasteiger partial charge in [-0.2, -0.15) is 0 Å². The third-order valence-electron chi connectivity index (χ3n) is 4.42. The normalized spacial score (nSPS) is 37.2. The highest BCUT2D eigenvalue weighted by Gasteiger charge is 2.60. The van der Waals surface area contributed by atoms with E-state index >= 15 is 0 Å². The van der Waals surface area contributed by atoms with Crippen molar-refractivity contribution in [1.29, 1.82) is 0 Å². The third-order valence-corrected chi connectivity index (χ3v) is 4.42. The molecule has 3 rings (SSSR count). The van der Waals surface area contributed by atoms with Gasteiger partial charge in [-0.25, -0.2) is 0 Å². The van der Waals surface area contributed by atoms with Crippen molar-refractivity contribution in [1.82, 2.24) is 0 Å². The van der Waals surface area contributed by atoms with Gasteiger partial charge in [-0.05, 0) is 36.7 Å². The van der Waals surface area contributed by atoms with Crippen molar-refractivity contribution < 1.29 is 4.74 Å². The summed E-state index contributed by atoms with van der Waals surface area (Å²) in [6.07, 6.45) is 4.29.